The van der Waals surface area contributed by atoms with Crippen LogP contribution in [0.5, 0.6) is 0 Å². The van der Waals surface area contributed by atoms with E-state index in [1.807, 2.05) is 42.2 Å². The lowest BCUT2D eigenvalue weighted by Crippen LogP contribution is -2.49. The minimum atomic E-state index is -0.324. The second-order valence-electron chi connectivity index (χ2n) is 8.66. The number of nitrogens with one attached hydrogen (secondary N) is 1. The molecule has 0 aliphatic carbocycles. The van der Waals surface area contributed by atoms with Gasteiger partial charge in [-0.3, -0.25) is 9.59 Å². The molecule has 0 saturated carbocycles. The number of benzene rings is 2. The summed E-state index contributed by atoms with van der Waals surface area (Å²) in [4.78, 5) is 38.0. The number of hydrogen-bond acceptors (Lipinski definition) is 5. The van der Waals surface area contributed by atoms with Gasteiger partial charge in [0.2, 0.25) is 0 Å². The molecule has 178 valence electrons. The fourth-order valence-electron chi connectivity index (χ4n) is 4.48. The molecule has 1 saturated heterocycles. The van der Waals surface area contributed by atoms with Crippen molar-refractivity contribution < 1.29 is 14.0 Å². The Morgan fingerprint density at radius 3 is 2.69 bits per heavy atom. The first-order valence-electron chi connectivity index (χ1n) is 11.7. The van der Waals surface area contributed by atoms with Crippen LogP contribution in [0.1, 0.15) is 45.2 Å². The highest BCUT2D eigenvalue weighted by atomic mass is 32.1. The number of carbonyl (C=O) groups is 2. The third kappa shape index (κ3) is 4.93. The number of pyridine rings is 1. The molecule has 3 heterocycles. The molecule has 2 aromatic carbocycles. The number of aryl methyl sites for hydroxylation is 1. The Bertz CT molecular complexity index is 1390. The van der Waals surface area contributed by atoms with Crippen molar-refractivity contribution in [1.29, 1.82) is 0 Å². The van der Waals surface area contributed by atoms with Crippen molar-refractivity contribution in [2.75, 3.05) is 13.1 Å². The number of amides is 2. The van der Waals surface area contributed by atoms with E-state index in [0.717, 1.165) is 45.6 Å². The van der Waals surface area contributed by atoms with E-state index in [0.29, 0.717) is 24.5 Å². The molecule has 1 atom stereocenters. The molecule has 1 N–H and O–H groups in total. The molecule has 0 radical (unpaired) electrons. The van der Waals surface area contributed by atoms with Gasteiger partial charge in [0.05, 0.1) is 15.4 Å². The molecule has 2 amide bonds. The number of nitrogens with zero attached hydrogens (tertiary/aromatic N) is 3. The molecule has 1 aliphatic heterocycles. The van der Waals surface area contributed by atoms with Gasteiger partial charge in [0, 0.05) is 24.5 Å². The van der Waals surface area contributed by atoms with E-state index in [4.69, 9.17) is 0 Å². The average molecular weight is 489 g/mol. The monoisotopic (exact) mass is 488 g/mol. The molecule has 1 fully saturated rings. The van der Waals surface area contributed by atoms with Crippen LogP contribution in [-0.4, -0.2) is 45.8 Å². The van der Waals surface area contributed by atoms with E-state index in [2.05, 4.69) is 15.3 Å². The van der Waals surface area contributed by atoms with Gasteiger partial charge in [-0.15, -0.1) is 11.3 Å². The van der Waals surface area contributed by atoms with Gasteiger partial charge in [0.25, 0.3) is 11.8 Å². The minimum Gasteiger partial charge on any atom is -0.349 e. The second kappa shape index (κ2) is 9.92. The quantitative estimate of drug-likeness (QED) is 0.417. The molecule has 8 heteroatoms. The van der Waals surface area contributed by atoms with E-state index in [1.54, 1.807) is 18.2 Å². The molecule has 1 aliphatic rings. The summed E-state index contributed by atoms with van der Waals surface area (Å²) in [6.45, 7) is 2.81. The van der Waals surface area contributed by atoms with E-state index in [-0.39, 0.29) is 23.7 Å². The van der Waals surface area contributed by atoms with Gasteiger partial charge in [0.15, 0.2) is 0 Å². The first-order valence-corrected chi connectivity index (χ1v) is 12.5. The Hall–Kier alpha value is -3.65. The first-order chi connectivity index (χ1) is 17.0. The first kappa shape index (κ1) is 23.1. The highest BCUT2D eigenvalue weighted by Crippen LogP contribution is 2.32. The van der Waals surface area contributed by atoms with Crippen LogP contribution >= 0.6 is 11.3 Å². The summed E-state index contributed by atoms with van der Waals surface area (Å²) in [6.07, 6.45) is 2.68. The molecule has 35 heavy (non-hydrogen) atoms. The van der Waals surface area contributed by atoms with Crippen molar-refractivity contribution in [2.45, 2.75) is 32.2 Å². The number of fused-ring (bicyclic) bond motifs is 1. The number of aromatic nitrogens is 2. The fraction of sp³-hybridized carbons (Fsp3) is 0.259. The lowest BCUT2D eigenvalue weighted by molar-refractivity contribution is 0.0598. The van der Waals surface area contributed by atoms with Gasteiger partial charge in [-0.25, -0.2) is 14.4 Å². The predicted molar refractivity (Wildman–Crippen MR) is 135 cm³/mol. The summed E-state index contributed by atoms with van der Waals surface area (Å²) in [5, 5.41) is 4.72. The summed E-state index contributed by atoms with van der Waals surface area (Å²) < 4.78 is 13.4. The van der Waals surface area contributed by atoms with Gasteiger partial charge in [-0.2, -0.15) is 0 Å². The van der Waals surface area contributed by atoms with Crippen LogP contribution in [0.2, 0.25) is 0 Å². The molecule has 1 unspecified atom stereocenters. The van der Waals surface area contributed by atoms with Crippen LogP contribution in [-0.2, 0) is 0 Å². The summed E-state index contributed by atoms with van der Waals surface area (Å²) in [6, 6.07) is 17.2. The van der Waals surface area contributed by atoms with E-state index < -0.39 is 0 Å². The van der Waals surface area contributed by atoms with Crippen LogP contribution in [0.15, 0.2) is 60.7 Å². The third-order valence-electron chi connectivity index (χ3n) is 6.26. The van der Waals surface area contributed by atoms with Crippen LogP contribution in [0, 0.1) is 12.7 Å². The zero-order valence-electron chi connectivity index (χ0n) is 19.3. The van der Waals surface area contributed by atoms with E-state index in [9.17, 15) is 14.0 Å². The van der Waals surface area contributed by atoms with Crippen LogP contribution < -0.4 is 5.32 Å². The summed E-state index contributed by atoms with van der Waals surface area (Å²) >= 11 is 1.42. The highest BCUT2D eigenvalue weighted by molar-refractivity contribution is 7.15. The van der Waals surface area contributed by atoms with E-state index in [1.165, 1.54) is 23.5 Å². The van der Waals surface area contributed by atoms with Gasteiger partial charge in [-0.05, 0) is 56.0 Å². The SMILES string of the molecule is Cc1nc(C(=O)N2CCCCC2CNC(=O)c2ccc3ccccc3n2)c(-c2ccc(F)cc2)s1. The molecular weight excluding hydrogens is 463 g/mol. The summed E-state index contributed by atoms with van der Waals surface area (Å²) in [7, 11) is 0. The zero-order chi connectivity index (χ0) is 24.4. The summed E-state index contributed by atoms with van der Waals surface area (Å²) in [5.41, 5.74) is 2.27. The van der Waals surface area contributed by atoms with Crippen molar-refractivity contribution in [3.05, 3.63) is 82.9 Å². The Morgan fingerprint density at radius 1 is 1.06 bits per heavy atom. The van der Waals surface area contributed by atoms with Gasteiger partial charge < -0.3 is 10.2 Å². The van der Waals surface area contributed by atoms with E-state index >= 15 is 0 Å². The number of piperidine rings is 1. The number of para-hydroxylation sites is 1. The molecule has 5 rings (SSSR count). The van der Waals surface area contributed by atoms with Gasteiger partial charge in [-0.1, -0.05) is 36.4 Å². The number of thiazole rings is 1. The maximum atomic E-state index is 13.6. The molecule has 0 spiro atoms. The Kier molecular flexibility index (Phi) is 6.55. The van der Waals surface area contributed by atoms with Crippen LogP contribution in [0.3, 0.4) is 0 Å². The number of carbonyl (C=O) groups excluding carboxylic acids is 2. The number of hydrogen-bond donors (Lipinski definition) is 1. The smallest absolute Gasteiger partial charge is 0.274 e. The van der Waals surface area contributed by atoms with Crippen molar-refractivity contribution in [3.63, 3.8) is 0 Å². The normalized spacial score (nSPS) is 15.8. The maximum absolute atomic E-state index is 13.6. The number of rotatable bonds is 5. The predicted octanol–water partition coefficient (Wildman–Crippen LogP) is 5.23. The largest absolute Gasteiger partial charge is 0.349 e. The highest BCUT2D eigenvalue weighted by Gasteiger charge is 2.31. The standard InChI is InChI=1S/C27H25FN4O2S/c1-17-30-24(25(35-17)19-9-12-20(28)13-10-19)27(34)32-15-5-4-7-21(32)16-29-26(33)23-14-11-18-6-2-3-8-22(18)31-23/h2-3,6,8-14,21H,4-5,7,15-16H2,1H3,(H,29,33). The lowest BCUT2D eigenvalue weighted by atomic mass is 10.0. The van der Waals surface area contributed by atoms with Crippen molar-refractivity contribution >= 4 is 34.1 Å². The van der Waals surface area contributed by atoms with Gasteiger partial charge >= 0.3 is 0 Å². The molecule has 0 bridgehead atoms. The van der Waals surface area contributed by atoms with Gasteiger partial charge in [0.1, 0.15) is 17.2 Å². The lowest BCUT2D eigenvalue weighted by Gasteiger charge is -2.35. The molecule has 2 aromatic heterocycles. The Morgan fingerprint density at radius 2 is 1.86 bits per heavy atom. The topological polar surface area (TPSA) is 75.2 Å². The minimum absolute atomic E-state index is 0.135. The van der Waals surface area contributed by atoms with Crippen molar-refractivity contribution in [3.8, 4) is 10.4 Å². The maximum Gasteiger partial charge on any atom is 0.274 e. The third-order valence-corrected chi connectivity index (χ3v) is 7.28. The fourth-order valence-corrected chi connectivity index (χ4v) is 5.39. The molecule has 6 nitrogen and oxygen atoms in total. The summed E-state index contributed by atoms with van der Waals surface area (Å²) in [5.74, 6) is -0.739. The zero-order valence-corrected chi connectivity index (χ0v) is 20.1. The Labute approximate surface area is 206 Å². The average Bonchev–Trinajstić information content (AvgIpc) is 3.28. The number of halogens is 1. The second-order valence-corrected chi connectivity index (χ2v) is 9.87. The molecular formula is C27H25FN4O2S. The number of likely N-dealkylation sites (tertiary alicyclic amines) is 1. The van der Waals surface area contributed by atoms with Crippen LogP contribution in [0.25, 0.3) is 21.3 Å². The van der Waals surface area contributed by atoms with Crippen molar-refractivity contribution in [1.82, 2.24) is 20.2 Å². The van der Waals surface area contributed by atoms with Crippen molar-refractivity contribution in [2.24, 2.45) is 0 Å². The Balaban J connectivity index is 1.33. The van der Waals surface area contributed by atoms with Crippen LogP contribution in [0.4, 0.5) is 4.39 Å². The molecule has 4 aromatic rings.